The maximum Gasteiger partial charge on any atom is 0.338 e. The molecule has 5 rings (SSSR count). The van der Waals surface area contributed by atoms with Gasteiger partial charge >= 0.3 is 5.97 Å². The van der Waals surface area contributed by atoms with Crippen molar-refractivity contribution in [1.29, 1.82) is 0 Å². The van der Waals surface area contributed by atoms with Crippen molar-refractivity contribution in [1.82, 2.24) is 15.6 Å². The molecule has 3 aromatic rings. The summed E-state index contributed by atoms with van der Waals surface area (Å²) in [5.74, 6) is -0.543. The number of benzene rings is 2. The molecule has 2 N–H and O–H groups in total. The summed E-state index contributed by atoms with van der Waals surface area (Å²) in [6.45, 7) is 0.339. The number of aromatic nitrogens is 1. The van der Waals surface area contributed by atoms with Crippen LogP contribution in [-0.2, 0) is 16.1 Å². The van der Waals surface area contributed by atoms with Crippen LogP contribution in [0.5, 0.6) is 0 Å². The third-order valence-corrected chi connectivity index (χ3v) is 4.95. The molecule has 0 spiro atoms. The van der Waals surface area contributed by atoms with Gasteiger partial charge in [-0.3, -0.25) is 10.1 Å². The van der Waals surface area contributed by atoms with E-state index in [4.69, 9.17) is 17.0 Å². The fourth-order valence-electron chi connectivity index (χ4n) is 3.32. The molecule has 0 atom stereocenters. The van der Waals surface area contributed by atoms with E-state index in [9.17, 15) is 9.59 Å². The lowest BCUT2D eigenvalue weighted by molar-refractivity contribution is -0.115. The molecule has 7 heteroatoms. The SMILES string of the molecule is O=C1NC(=S)NC1=Cc1ccc2cc(-c3ccc4c(c3)C(=O)OC4)ccc2n1. The van der Waals surface area contributed by atoms with Crippen molar-refractivity contribution in [2.75, 3.05) is 0 Å². The van der Waals surface area contributed by atoms with E-state index >= 15 is 0 Å². The summed E-state index contributed by atoms with van der Waals surface area (Å²) < 4.78 is 5.07. The highest BCUT2D eigenvalue weighted by Crippen LogP contribution is 2.29. The van der Waals surface area contributed by atoms with E-state index in [2.05, 4.69) is 15.6 Å². The van der Waals surface area contributed by atoms with Gasteiger partial charge in [0.15, 0.2) is 5.11 Å². The molecule has 1 amide bonds. The average Bonchev–Trinajstić information content (AvgIpc) is 3.22. The van der Waals surface area contributed by atoms with Gasteiger partial charge in [-0.1, -0.05) is 24.3 Å². The lowest BCUT2D eigenvalue weighted by Gasteiger charge is -2.06. The molecule has 1 saturated heterocycles. The number of thiocarbonyl (C=S) groups is 1. The maximum atomic E-state index is 11.8. The van der Waals surface area contributed by atoms with Crippen molar-refractivity contribution in [3.63, 3.8) is 0 Å². The molecule has 0 radical (unpaired) electrons. The van der Waals surface area contributed by atoms with Gasteiger partial charge in [-0.2, -0.15) is 0 Å². The first-order chi connectivity index (χ1) is 13.6. The van der Waals surface area contributed by atoms with E-state index in [1.54, 1.807) is 6.08 Å². The Morgan fingerprint density at radius 3 is 2.64 bits per heavy atom. The van der Waals surface area contributed by atoms with Gasteiger partial charge in [-0.15, -0.1) is 0 Å². The molecule has 28 heavy (non-hydrogen) atoms. The van der Waals surface area contributed by atoms with E-state index in [0.717, 1.165) is 27.6 Å². The van der Waals surface area contributed by atoms with Crippen LogP contribution in [0.1, 0.15) is 21.6 Å². The average molecular weight is 387 g/mol. The fourth-order valence-corrected chi connectivity index (χ4v) is 3.53. The number of pyridine rings is 1. The number of ether oxygens (including phenoxy) is 1. The smallest absolute Gasteiger partial charge is 0.338 e. The normalized spacial score (nSPS) is 16.9. The summed E-state index contributed by atoms with van der Waals surface area (Å²) in [5, 5.41) is 6.58. The molecule has 3 heterocycles. The number of rotatable bonds is 2. The minimum atomic E-state index is -0.277. The van der Waals surface area contributed by atoms with Gasteiger partial charge < -0.3 is 10.1 Å². The third-order valence-electron chi connectivity index (χ3n) is 4.74. The van der Waals surface area contributed by atoms with Crippen LogP contribution in [0.25, 0.3) is 28.1 Å². The highest BCUT2D eigenvalue weighted by molar-refractivity contribution is 7.80. The molecule has 0 aliphatic carbocycles. The number of esters is 1. The second-order valence-electron chi connectivity index (χ2n) is 6.56. The first-order valence-corrected chi connectivity index (χ1v) is 9.03. The molecular weight excluding hydrogens is 374 g/mol. The molecule has 2 aliphatic rings. The van der Waals surface area contributed by atoms with Crippen LogP contribution in [0.2, 0.25) is 0 Å². The Morgan fingerprint density at radius 1 is 1.00 bits per heavy atom. The highest BCUT2D eigenvalue weighted by atomic mass is 32.1. The Kier molecular flexibility index (Phi) is 3.70. The lowest BCUT2D eigenvalue weighted by atomic mass is 9.99. The largest absolute Gasteiger partial charge is 0.457 e. The summed E-state index contributed by atoms with van der Waals surface area (Å²) in [7, 11) is 0. The molecule has 1 fully saturated rings. The number of hydrogen-bond donors (Lipinski definition) is 2. The van der Waals surface area contributed by atoms with Gasteiger partial charge in [0.05, 0.1) is 16.8 Å². The Labute approximate surface area is 165 Å². The number of hydrogen-bond acceptors (Lipinski definition) is 5. The first-order valence-electron chi connectivity index (χ1n) is 8.62. The zero-order chi connectivity index (χ0) is 19.3. The molecule has 2 aromatic carbocycles. The summed E-state index contributed by atoms with van der Waals surface area (Å²) in [6, 6.07) is 15.5. The number of amides is 1. The molecular formula is C21H13N3O3S. The number of carbonyl (C=O) groups is 2. The summed E-state index contributed by atoms with van der Waals surface area (Å²) in [4.78, 5) is 28.2. The summed E-state index contributed by atoms with van der Waals surface area (Å²) in [6.07, 6.45) is 1.66. The van der Waals surface area contributed by atoms with Gasteiger partial charge in [-0.05, 0) is 53.7 Å². The van der Waals surface area contributed by atoms with E-state index in [0.29, 0.717) is 28.7 Å². The van der Waals surface area contributed by atoms with E-state index in [1.807, 2.05) is 48.5 Å². The van der Waals surface area contributed by atoms with Gasteiger partial charge in [0.25, 0.3) is 5.91 Å². The van der Waals surface area contributed by atoms with E-state index in [-0.39, 0.29) is 11.9 Å². The third kappa shape index (κ3) is 2.82. The Balaban J connectivity index is 1.50. The highest BCUT2D eigenvalue weighted by Gasteiger charge is 2.22. The summed E-state index contributed by atoms with van der Waals surface area (Å²) in [5.41, 5.74) is 5.31. The molecule has 1 aromatic heterocycles. The number of carbonyl (C=O) groups excluding carboxylic acids is 2. The monoisotopic (exact) mass is 387 g/mol. The van der Waals surface area contributed by atoms with Crippen LogP contribution in [0.15, 0.2) is 54.2 Å². The fraction of sp³-hybridized carbons (Fsp3) is 0.0476. The molecule has 6 nitrogen and oxygen atoms in total. The van der Waals surface area contributed by atoms with Crippen LogP contribution < -0.4 is 10.6 Å². The van der Waals surface area contributed by atoms with Crippen molar-refractivity contribution in [2.45, 2.75) is 6.61 Å². The standard InChI is InChI=1S/C21H13N3O3S/c25-19-18(23-21(28)24-19)9-15-5-3-13-7-11(4-6-17(13)22-15)12-1-2-14-10-27-20(26)16(14)8-12/h1-9H,10H2,(H2,23,24,25,28). The van der Waals surface area contributed by atoms with E-state index in [1.165, 1.54) is 0 Å². The van der Waals surface area contributed by atoms with Gasteiger partial charge in [0, 0.05) is 10.9 Å². The van der Waals surface area contributed by atoms with E-state index < -0.39 is 0 Å². The number of nitrogens with zero attached hydrogens (tertiary/aromatic N) is 1. The molecule has 0 unspecified atom stereocenters. The molecule has 2 aliphatic heterocycles. The topological polar surface area (TPSA) is 80.3 Å². The lowest BCUT2D eigenvalue weighted by Crippen LogP contribution is -2.21. The van der Waals surface area contributed by atoms with Crippen LogP contribution in [0, 0.1) is 0 Å². The molecule has 136 valence electrons. The first kappa shape index (κ1) is 16.6. The van der Waals surface area contributed by atoms with Gasteiger partial charge in [0.2, 0.25) is 0 Å². The maximum absolute atomic E-state index is 11.8. The second-order valence-corrected chi connectivity index (χ2v) is 6.97. The Morgan fingerprint density at radius 2 is 1.82 bits per heavy atom. The minimum Gasteiger partial charge on any atom is -0.457 e. The molecule has 0 bridgehead atoms. The predicted octanol–water partition coefficient (Wildman–Crippen LogP) is 2.92. The quantitative estimate of drug-likeness (QED) is 0.400. The van der Waals surface area contributed by atoms with Crippen molar-refractivity contribution >= 4 is 46.2 Å². The van der Waals surface area contributed by atoms with Crippen molar-refractivity contribution < 1.29 is 14.3 Å². The number of nitrogens with one attached hydrogen (secondary N) is 2. The zero-order valence-electron chi connectivity index (χ0n) is 14.5. The van der Waals surface area contributed by atoms with Gasteiger partial charge in [0.1, 0.15) is 12.3 Å². The van der Waals surface area contributed by atoms with Crippen molar-refractivity contribution in [2.24, 2.45) is 0 Å². The molecule has 0 saturated carbocycles. The minimum absolute atomic E-state index is 0.266. The Bertz CT molecular complexity index is 1230. The number of fused-ring (bicyclic) bond motifs is 2. The van der Waals surface area contributed by atoms with Crippen LogP contribution in [0.3, 0.4) is 0 Å². The van der Waals surface area contributed by atoms with Crippen LogP contribution >= 0.6 is 12.2 Å². The van der Waals surface area contributed by atoms with Crippen LogP contribution in [-0.4, -0.2) is 22.0 Å². The van der Waals surface area contributed by atoms with Crippen molar-refractivity contribution in [3.8, 4) is 11.1 Å². The predicted molar refractivity (Wildman–Crippen MR) is 108 cm³/mol. The Hall–Kier alpha value is -3.58. The second kappa shape index (κ2) is 6.24. The van der Waals surface area contributed by atoms with Crippen molar-refractivity contribution in [3.05, 3.63) is 71.0 Å². The van der Waals surface area contributed by atoms with Crippen LogP contribution in [0.4, 0.5) is 0 Å². The van der Waals surface area contributed by atoms with Gasteiger partial charge in [-0.25, -0.2) is 9.78 Å². The zero-order valence-corrected chi connectivity index (χ0v) is 15.3. The summed E-state index contributed by atoms with van der Waals surface area (Å²) >= 11 is 4.93. The number of cyclic esters (lactones) is 1.